The van der Waals surface area contributed by atoms with Crippen LogP contribution in [-0.4, -0.2) is 26.4 Å². The van der Waals surface area contributed by atoms with E-state index in [1.165, 1.54) is 5.56 Å². The van der Waals surface area contributed by atoms with Crippen LogP contribution in [0.4, 0.5) is 0 Å². The topological polar surface area (TPSA) is 27.7 Å². The standard InChI is InChI=1S/C13H18O3/c1-14-12-6-4-11(5-7-12)9-16-13-3-2-8-15-10-13/h4-7,13H,2-3,8-10H2,1H3. The molecule has 1 unspecified atom stereocenters. The molecule has 0 saturated carbocycles. The van der Waals surface area contributed by atoms with Crippen LogP contribution in [0.3, 0.4) is 0 Å². The lowest BCUT2D eigenvalue weighted by Crippen LogP contribution is -2.25. The first kappa shape index (κ1) is 11.4. The molecule has 1 aliphatic rings. The largest absolute Gasteiger partial charge is 0.497 e. The van der Waals surface area contributed by atoms with E-state index in [-0.39, 0.29) is 6.10 Å². The first-order valence-corrected chi connectivity index (χ1v) is 5.71. The minimum atomic E-state index is 0.260. The van der Waals surface area contributed by atoms with Crippen LogP contribution in [0.1, 0.15) is 18.4 Å². The molecule has 0 amide bonds. The number of methoxy groups -OCH3 is 1. The average Bonchev–Trinajstić information content (AvgIpc) is 2.38. The zero-order valence-electron chi connectivity index (χ0n) is 9.65. The van der Waals surface area contributed by atoms with Gasteiger partial charge >= 0.3 is 0 Å². The van der Waals surface area contributed by atoms with Crippen LogP contribution < -0.4 is 4.74 Å². The van der Waals surface area contributed by atoms with Crippen molar-refractivity contribution in [2.45, 2.75) is 25.6 Å². The van der Waals surface area contributed by atoms with E-state index in [0.29, 0.717) is 6.61 Å². The fourth-order valence-electron chi connectivity index (χ4n) is 1.78. The van der Waals surface area contributed by atoms with Gasteiger partial charge in [-0.1, -0.05) is 12.1 Å². The quantitative estimate of drug-likeness (QED) is 0.783. The smallest absolute Gasteiger partial charge is 0.118 e. The molecule has 0 aromatic heterocycles. The van der Waals surface area contributed by atoms with E-state index < -0.39 is 0 Å². The molecular weight excluding hydrogens is 204 g/mol. The van der Waals surface area contributed by atoms with Crippen LogP contribution in [-0.2, 0) is 16.1 Å². The molecule has 3 heteroatoms. The zero-order chi connectivity index (χ0) is 11.2. The van der Waals surface area contributed by atoms with Crippen LogP contribution in [0.25, 0.3) is 0 Å². The van der Waals surface area contributed by atoms with Crippen molar-refractivity contribution in [3.63, 3.8) is 0 Å². The highest BCUT2D eigenvalue weighted by molar-refractivity contribution is 5.26. The molecule has 3 nitrogen and oxygen atoms in total. The fourth-order valence-corrected chi connectivity index (χ4v) is 1.78. The molecule has 0 bridgehead atoms. The Morgan fingerprint density at radius 3 is 2.75 bits per heavy atom. The maximum atomic E-state index is 5.78. The molecule has 16 heavy (non-hydrogen) atoms. The second-order valence-electron chi connectivity index (χ2n) is 4.00. The molecule has 1 saturated heterocycles. The molecule has 0 aliphatic carbocycles. The average molecular weight is 222 g/mol. The molecule has 0 N–H and O–H groups in total. The Bertz CT molecular complexity index is 301. The van der Waals surface area contributed by atoms with E-state index in [2.05, 4.69) is 0 Å². The first-order valence-electron chi connectivity index (χ1n) is 5.71. The molecule has 1 fully saturated rings. The zero-order valence-corrected chi connectivity index (χ0v) is 9.65. The summed E-state index contributed by atoms with van der Waals surface area (Å²) < 4.78 is 16.2. The predicted octanol–water partition coefficient (Wildman–Crippen LogP) is 2.39. The van der Waals surface area contributed by atoms with Crippen molar-refractivity contribution in [2.24, 2.45) is 0 Å². The molecule has 88 valence electrons. The molecule has 1 aliphatic heterocycles. The van der Waals surface area contributed by atoms with Gasteiger partial charge in [-0.25, -0.2) is 0 Å². The molecular formula is C13H18O3. The van der Waals surface area contributed by atoms with E-state index in [1.807, 2.05) is 24.3 Å². The molecule has 0 radical (unpaired) electrons. The summed E-state index contributed by atoms with van der Waals surface area (Å²) in [4.78, 5) is 0. The van der Waals surface area contributed by atoms with Gasteiger partial charge < -0.3 is 14.2 Å². The van der Waals surface area contributed by atoms with Crippen LogP contribution >= 0.6 is 0 Å². The monoisotopic (exact) mass is 222 g/mol. The Labute approximate surface area is 96.3 Å². The van der Waals surface area contributed by atoms with Gasteiger partial charge in [0.2, 0.25) is 0 Å². The van der Waals surface area contributed by atoms with E-state index in [1.54, 1.807) is 7.11 Å². The molecule has 1 atom stereocenters. The highest BCUT2D eigenvalue weighted by Gasteiger charge is 2.13. The van der Waals surface area contributed by atoms with Gasteiger partial charge in [0.25, 0.3) is 0 Å². The summed E-state index contributed by atoms with van der Waals surface area (Å²) in [6.07, 6.45) is 2.47. The van der Waals surface area contributed by atoms with Crippen LogP contribution in [0, 0.1) is 0 Å². The Morgan fingerprint density at radius 2 is 2.12 bits per heavy atom. The predicted molar refractivity (Wildman–Crippen MR) is 61.6 cm³/mol. The maximum Gasteiger partial charge on any atom is 0.118 e. The Balaban J connectivity index is 1.79. The first-order chi connectivity index (χ1) is 7.88. The summed E-state index contributed by atoms with van der Waals surface area (Å²) in [6, 6.07) is 7.97. The highest BCUT2D eigenvalue weighted by atomic mass is 16.5. The van der Waals surface area contributed by atoms with Crippen LogP contribution in [0.5, 0.6) is 5.75 Å². The van der Waals surface area contributed by atoms with Gasteiger partial charge in [-0.2, -0.15) is 0 Å². The Kier molecular flexibility index (Phi) is 4.19. The Morgan fingerprint density at radius 1 is 1.31 bits per heavy atom. The minimum Gasteiger partial charge on any atom is -0.497 e. The van der Waals surface area contributed by atoms with E-state index in [9.17, 15) is 0 Å². The van der Waals surface area contributed by atoms with Crippen molar-refractivity contribution >= 4 is 0 Å². The van der Waals surface area contributed by atoms with Gasteiger partial charge in [0, 0.05) is 6.61 Å². The molecule has 2 rings (SSSR count). The van der Waals surface area contributed by atoms with Gasteiger partial charge in [-0.15, -0.1) is 0 Å². The second kappa shape index (κ2) is 5.87. The third-order valence-electron chi connectivity index (χ3n) is 2.76. The summed E-state index contributed by atoms with van der Waals surface area (Å²) in [5.41, 5.74) is 1.17. The molecule has 1 aromatic rings. The van der Waals surface area contributed by atoms with Crippen molar-refractivity contribution in [1.82, 2.24) is 0 Å². The third-order valence-corrected chi connectivity index (χ3v) is 2.76. The minimum absolute atomic E-state index is 0.260. The second-order valence-corrected chi connectivity index (χ2v) is 4.00. The third kappa shape index (κ3) is 3.22. The maximum absolute atomic E-state index is 5.78. The van der Waals surface area contributed by atoms with Crippen LogP contribution in [0.15, 0.2) is 24.3 Å². The lowest BCUT2D eigenvalue weighted by Gasteiger charge is -2.22. The van der Waals surface area contributed by atoms with E-state index >= 15 is 0 Å². The lowest BCUT2D eigenvalue weighted by molar-refractivity contribution is -0.0568. The highest BCUT2D eigenvalue weighted by Crippen LogP contribution is 2.15. The number of rotatable bonds is 4. The summed E-state index contributed by atoms with van der Waals surface area (Å²) in [5, 5.41) is 0. The van der Waals surface area contributed by atoms with Crippen molar-refractivity contribution < 1.29 is 14.2 Å². The molecule has 1 heterocycles. The van der Waals surface area contributed by atoms with Gasteiger partial charge in [-0.05, 0) is 30.5 Å². The van der Waals surface area contributed by atoms with Crippen LogP contribution in [0.2, 0.25) is 0 Å². The molecule has 1 aromatic carbocycles. The van der Waals surface area contributed by atoms with Crippen molar-refractivity contribution in [3.8, 4) is 5.75 Å². The number of benzene rings is 1. The van der Waals surface area contributed by atoms with Gasteiger partial charge in [-0.3, -0.25) is 0 Å². The number of ether oxygens (including phenoxy) is 3. The SMILES string of the molecule is COc1ccc(COC2CCCOC2)cc1. The fraction of sp³-hybridized carbons (Fsp3) is 0.538. The molecule has 0 spiro atoms. The Hall–Kier alpha value is -1.06. The lowest BCUT2D eigenvalue weighted by atomic mass is 10.1. The van der Waals surface area contributed by atoms with Crippen molar-refractivity contribution in [2.75, 3.05) is 20.3 Å². The van der Waals surface area contributed by atoms with Gasteiger partial charge in [0.05, 0.1) is 26.4 Å². The van der Waals surface area contributed by atoms with Gasteiger partial charge in [0.15, 0.2) is 0 Å². The number of hydrogen-bond acceptors (Lipinski definition) is 3. The van der Waals surface area contributed by atoms with Crippen molar-refractivity contribution in [3.05, 3.63) is 29.8 Å². The summed E-state index contributed by atoms with van der Waals surface area (Å²) in [5.74, 6) is 0.879. The normalized spacial score (nSPS) is 20.7. The summed E-state index contributed by atoms with van der Waals surface area (Å²) in [7, 11) is 1.67. The van der Waals surface area contributed by atoms with Crippen molar-refractivity contribution in [1.29, 1.82) is 0 Å². The van der Waals surface area contributed by atoms with E-state index in [4.69, 9.17) is 14.2 Å². The number of hydrogen-bond donors (Lipinski definition) is 0. The summed E-state index contributed by atoms with van der Waals surface area (Å²) in [6.45, 7) is 2.26. The summed E-state index contributed by atoms with van der Waals surface area (Å²) >= 11 is 0. The van der Waals surface area contributed by atoms with Gasteiger partial charge in [0.1, 0.15) is 5.75 Å². The van der Waals surface area contributed by atoms with E-state index in [0.717, 1.165) is 31.8 Å².